The summed E-state index contributed by atoms with van der Waals surface area (Å²) in [5.41, 5.74) is 2.34. The van der Waals surface area contributed by atoms with Crippen LogP contribution in [0.2, 0.25) is 0 Å². The Morgan fingerprint density at radius 3 is 2.18 bits per heavy atom. The molecule has 0 aromatic heterocycles. The SMILES string of the molecule is CC(O)(CNC(=O)[C@H](CC1CC1)NC(=O)OCC1c2ccccc2-c2ccccc21)C(=O)O. The molecular formula is C25H28N2O6. The van der Waals surface area contributed by atoms with Gasteiger partial charge in [-0.05, 0) is 41.5 Å². The number of benzene rings is 2. The highest BCUT2D eigenvalue weighted by molar-refractivity contribution is 5.87. The highest BCUT2D eigenvalue weighted by Gasteiger charge is 2.35. The number of hydrogen-bond donors (Lipinski definition) is 4. The molecule has 1 saturated carbocycles. The van der Waals surface area contributed by atoms with Crippen molar-refractivity contribution in [3.63, 3.8) is 0 Å². The zero-order valence-corrected chi connectivity index (χ0v) is 18.4. The molecule has 0 aliphatic heterocycles. The van der Waals surface area contributed by atoms with E-state index in [1.807, 2.05) is 36.4 Å². The Bertz CT molecular complexity index is 1020. The van der Waals surface area contributed by atoms with Crippen LogP contribution in [0.3, 0.4) is 0 Å². The van der Waals surface area contributed by atoms with Gasteiger partial charge in [-0.3, -0.25) is 4.79 Å². The summed E-state index contributed by atoms with van der Waals surface area (Å²) < 4.78 is 5.53. The number of nitrogens with one attached hydrogen (secondary N) is 2. The summed E-state index contributed by atoms with van der Waals surface area (Å²) >= 11 is 0. The summed E-state index contributed by atoms with van der Waals surface area (Å²) in [6.07, 6.45) is 1.68. The maximum Gasteiger partial charge on any atom is 0.407 e. The molecule has 2 aliphatic carbocycles. The van der Waals surface area contributed by atoms with Gasteiger partial charge in [-0.1, -0.05) is 61.4 Å². The molecule has 2 aromatic carbocycles. The van der Waals surface area contributed by atoms with Gasteiger partial charge in [0.05, 0.1) is 6.54 Å². The van der Waals surface area contributed by atoms with E-state index in [0.29, 0.717) is 12.3 Å². The predicted molar refractivity (Wildman–Crippen MR) is 121 cm³/mol. The molecule has 2 atom stereocenters. The van der Waals surface area contributed by atoms with Crippen LogP contribution in [0.15, 0.2) is 48.5 Å². The third-order valence-electron chi connectivity index (χ3n) is 6.29. The van der Waals surface area contributed by atoms with Gasteiger partial charge >= 0.3 is 12.1 Å². The lowest BCUT2D eigenvalue weighted by Crippen LogP contribution is -2.52. The summed E-state index contributed by atoms with van der Waals surface area (Å²) in [6.45, 7) is 0.768. The first-order valence-corrected chi connectivity index (χ1v) is 11.1. The number of aliphatic carboxylic acids is 1. The summed E-state index contributed by atoms with van der Waals surface area (Å²) in [6, 6.07) is 15.2. The average molecular weight is 453 g/mol. The first-order valence-electron chi connectivity index (χ1n) is 11.1. The van der Waals surface area contributed by atoms with Gasteiger partial charge in [0, 0.05) is 5.92 Å². The lowest BCUT2D eigenvalue weighted by molar-refractivity contribution is -0.156. The van der Waals surface area contributed by atoms with Crippen LogP contribution in [0.5, 0.6) is 0 Å². The molecule has 2 aromatic rings. The fraction of sp³-hybridized carbons (Fsp3) is 0.400. The molecule has 1 unspecified atom stereocenters. The van der Waals surface area contributed by atoms with Gasteiger partial charge in [0.25, 0.3) is 0 Å². The second-order valence-electron chi connectivity index (χ2n) is 9.00. The van der Waals surface area contributed by atoms with Crippen molar-refractivity contribution < 1.29 is 29.3 Å². The molecule has 2 amide bonds. The Morgan fingerprint density at radius 1 is 1.06 bits per heavy atom. The maximum absolute atomic E-state index is 12.6. The van der Waals surface area contributed by atoms with E-state index in [0.717, 1.165) is 42.0 Å². The van der Waals surface area contributed by atoms with Crippen molar-refractivity contribution in [2.75, 3.05) is 13.2 Å². The molecule has 0 heterocycles. The van der Waals surface area contributed by atoms with Crippen LogP contribution >= 0.6 is 0 Å². The summed E-state index contributed by atoms with van der Waals surface area (Å²) in [5.74, 6) is -1.75. The van der Waals surface area contributed by atoms with Gasteiger partial charge in [-0.2, -0.15) is 0 Å². The Kier molecular flexibility index (Phi) is 6.37. The highest BCUT2D eigenvalue weighted by atomic mass is 16.5. The Labute approximate surface area is 192 Å². The Hall–Kier alpha value is -3.39. The van der Waals surface area contributed by atoms with Crippen molar-refractivity contribution in [1.82, 2.24) is 10.6 Å². The number of rotatable bonds is 9. The van der Waals surface area contributed by atoms with Gasteiger partial charge in [-0.25, -0.2) is 9.59 Å². The van der Waals surface area contributed by atoms with Crippen molar-refractivity contribution in [2.45, 2.75) is 43.7 Å². The topological polar surface area (TPSA) is 125 Å². The van der Waals surface area contributed by atoms with E-state index in [9.17, 15) is 19.5 Å². The van der Waals surface area contributed by atoms with Crippen LogP contribution in [0.4, 0.5) is 4.79 Å². The minimum Gasteiger partial charge on any atom is -0.479 e. The van der Waals surface area contributed by atoms with Crippen molar-refractivity contribution in [1.29, 1.82) is 0 Å². The molecule has 8 nitrogen and oxygen atoms in total. The molecule has 2 aliphatic rings. The van der Waals surface area contributed by atoms with Gasteiger partial charge in [0.15, 0.2) is 5.60 Å². The van der Waals surface area contributed by atoms with Crippen molar-refractivity contribution in [3.8, 4) is 11.1 Å². The normalized spacial score (nSPS) is 17.3. The molecule has 4 N–H and O–H groups in total. The molecule has 8 heteroatoms. The quantitative estimate of drug-likeness (QED) is 0.464. The van der Waals surface area contributed by atoms with Gasteiger partial charge < -0.3 is 25.6 Å². The molecule has 1 fully saturated rings. The van der Waals surface area contributed by atoms with Crippen LogP contribution in [0.25, 0.3) is 11.1 Å². The Morgan fingerprint density at radius 2 is 1.64 bits per heavy atom. The van der Waals surface area contributed by atoms with E-state index in [2.05, 4.69) is 22.8 Å². The fourth-order valence-electron chi connectivity index (χ4n) is 4.16. The van der Waals surface area contributed by atoms with Crippen molar-refractivity contribution in [3.05, 3.63) is 59.7 Å². The highest BCUT2D eigenvalue weighted by Crippen LogP contribution is 2.44. The van der Waals surface area contributed by atoms with Crippen LogP contribution < -0.4 is 10.6 Å². The minimum atomic E-state index is -2.09. The van der Waals surface area contributed by atoms with E-state index in [-0.39, 0.29) is 12.5 Å². The largest absolute Gasteiger partial charge is 0.479 e. The third-order valence-corrected chi connectivity index (χ3v) is 6.29. The standard InChI is InChI=1S/C25H28N2O6/c1-25(32,23(29)30)14-26-22(28)21(12-15-10-11-15)27-24(31)33-13-20-18-8-4-2-6-16(18)17-7-3-5-9-19(17)20/h2-9,15,20-21,32H,10-14H2,1H3,(H,26,28)(H,27,31)(H,29,30)/t21-,25?/m0/s1. The van der Waals surface area contributed by atoms with E-state index >= 15 is 0 Å². The minimum absolute atomic E-state index is 0.0930. The smallest absolute Gasteiger partial charge is 0.407 e. The van der Waals surface area contributed by atoms with Crippen LogP contribution in [-0.4, -0.2) is 53.0 Å². The summed E-state index contributed by atoms with van der Waals surface area (Å²) in [5, 5.41) is 23.9. The molecule has 33 heavy (non-hydrogen) atoms. The molecule has 0 radical (unpaired) electrons. The van der Waals surface area contributed by atoms with Crippen molar-refractivity contribution >= 4 is 18.0 Å². The van der Waals surface area contributed by atoms with Crippen LogP contribution in [0.1, 0.15) is 43.2 Å². The first kappa shape index (κ1) is 22.8. The van der Waals surface area contributed by atoms with Gasteiger partial charge in [0.2, 0.25) is 5.91 Å². The maximum atomic E-state index is 12.6. The van der Waals surface area contributed by atoms with Crippen LogP contribution in [-0.2, 0) is 14.3 Å². The fourth-order valence-corrected chi connectivity index (χ4v) is 4.16. The number of aliphatic hydroxyl groups is 1. The number of alkyl carbamates (subject to hydrolysis) is 1. The predicted octanol–water partition coefficient (Wildman–Crippen LogP) is 2.65. The van der Waals surface area contributed by atoms with Crippen molar-refractivity contribution in [2.24, 2.45) is 5.92 Å². The monoisotopic (exact) mass is 452 g/mol. The second-order valence-corrected chi connectivity index (χ2v) is 9.00. The number of ether oxygens (including phenoxy) is 1. The van der Waals surface area contributed by atoms with Gasteiger partial charge in [0.1, 0.15) is 12.6 Å². The number of carbonyl (C=O) groups is 3. The number of carboxylic acid groups (broad SMARTS) is 1. The molecule has 174 valence electrons. The molecule has 4 rings (SSSR count). The zero-order chi connectivity index (χ0) is 23.6. The molecule has 0 saturated heterocycles. The first-order chi connectivity index (χ1) is 15.8. The van der Waals surface area contributed by atoms with E-state index in [4.69, 9.17) is 9.84 Å². The van der Waals surface area contributed by atoms with Gasteiger partial charge in [-0.15, -0.1) is 0 Å². The lowest BCUT2D eigenvalue weighted by atomic mass is 9.98. The summed E-state index contributed by atoms with van der Waals surface area (Å²) in [4.78, 5) is 36.3. The molecule has 0 spiro atoms. The van der Waals surface area contributed by atoms with E-state index < -0.39 is 36.2 Å². The van der Waals surface area contributed by atoms with E-state index in [1.165, 1.54) is 0 Å². The zero-order valence-electron chi connectivity index (χ0n) is 18.4. The van der Waals surface area contributed by atoms with E-state index in [1.54, 1.807) is 0 Å². The number of carbonyl (C=O) groups excluding carboxylic acids is 2. The summed E-state index contributed by atoms with van der Waals surface area (Å²) in [7, 11) is 0. The molecule has 0 bridgehead atoms. The molecular weight excluding hydrogens is 424 g/mol. The second kappa shape index (κ2) is 9.23. The number of carboxylic acids is 1. The number of fused-ring (bicyclic) bond motifs is 3. The number of amides is 2. The van der Waals surface area contributed by atoms with Crippen LogP contribution in [0, 0.1) is 5.92 Å². The Balaban J connectivity index is 1.38. The average Bonchev–Trinajstić information content (AvgIpc) is 3.56. The third kappa shape index (κ3) is 5.17. The number of hydrogen-bond acceptors (Lipinski definition) is 5. The lowest BCUT2D eigenvalue weighted by Gasteiger charge is -2.22.